The molecule has 2 heterocycles. The zero-order valence-corrected chi connectivity index (χ0v) is 18.1. The van der Waals surface area contributed by atoms with Crippen molar-refractivity contribution in [2.45, 2.75) is 33.1 Å². The molecule has 31 heavy (non-hydrogen) atoms. The second kappa shape index (κ2) is 8.22. The summed E-state index contributed by atoms with van der Waals surface area (Å²) in [4.78, 5) is 21.0. The summed E-state index contributed by atoms with van der Waals surface area (Å²) in [7, 11) is 0. The Morgan fingerprint density at radius 3 is 2.55 bits per heavy atom. The van der Waals surface area contributed by atoms with Crippen molar-refractivity contribution in [2.24, 2.45) is 0 Å². The second-order valence-electron chi connectivity index (χ2n) is 8.49. The smallest absolute Gasteiger partial charge is 0.262 e. The number of pyridine rings is 1. The number of rotatable bonds is 5. The van der Waals surface area contributed by atoms with Gasteiger partial charge in [-0.15, -0.1) is 0 Å². The normalized spacial score (nSPS) is 11.5. The number of hydrogen-bond donors (Lipinski definition) is 1. The number of aromatic nitrogens is 2. The molecule has 6 nitrogen and oxygen atoms in total. The van der Waals surface area contributed by atoms with E-state index in [0.717, 1.165) is 16.8 Å². The number of carbonyl (C=O) groups is 1. The lowest BCUT2D eigenvalue weighted by Gasteiger charge is -2.19. The third-order valence-electron chi connectivity index (χ3n) is 5.00. The molecule has 0 radical (unpaired) electrons. The van der Waals surface area contributed by atoms with Crippen molar-refractivity contribution < 1.29 is 13.9 Å². The van der Waals surface area contributed by atoms with Gasteiger partial charge in [-0.2, -0.15) is 4.98 Å². The highest BCUT2D eigenvalue weighted by Gasteiger charge is 2.14. The van der Waals surface area contributed by atoms with E-state index in [4.69, 9.17) is 9.15 Å². The van der Waals surface area contributed by atoms with Crippen molar-refractivity contribution in [3.05, 3.63) is 71.9 Å². The third-order valence-corrected chi connectivity index (χ3v) is 5.00. The molecule has 0 aliphatic heterocycles. The number of fused-ring (bicyclic) bond motifs is 1. The SMILES string of the molecule is Cc1cc(-c2nc3ncccc3o2)ccc1NC(=O)COc1ccc(C(C)(C)C)cc1. The molecule has 2 aromatic heterocycles. The molecule has 158 valence electrons. The van der Waals surface area contributed by atoms with Gasteiger partial charge in [0.05, 0.1) is 0 Å². The first kappa shape index (κ1) is 20.6. The summed E-state index contributed by atoms with van der Waals surface area (Å²) in [6, 6.07) is 17.1. The zero-order valence-electron chi connectivity index (χ0n) is 18.1. The zero-order chi connectivity index (χ0) is 22.0. The fourth-order valence-corrected chi connectivity index (χ4v) is 3.22. The summed E-state index contributed by atoms with van der Waals surface area (Å²) >= 11 is 0. The summed E-state index contributed by atoms with van der Waals surface area (Å²) in [5.41, 5.74) is 4.94. The average Bonchev–Trinajstić information content (AvgIpc) is 3.18. The van der Waals surface area contributed by atoms with Crippen LogP contribution in [0.1, 0.15) is 31.9 Å². The molecule has 0 unspecified atom stereocenters. The fraction of sp³-hybridized carbons (Fsp3) is 0.240. The number of benzene rings is 2. The number of nitrogens with zero attached hydrogens (tertiary/aromatic N) is 2. The molecule has 0 saturated heterocycles. The van der Waals surface area contributed by atoms with E-state index in [-0.39, 0.29) is 17.9 Å². The summed E-state index contributed by atoms with van der Waals surface area (Å²) in [6.45, 7) is 8.33. The van der Waals surface area contributed by atoms with Crippen molar-refractivity contribution in [3.8, 4) is 17.2 Å². The van der Waals surface area contributed by atoms with Gasteiger partial charge in [-0.1, -0.05) is 32.9 Å². The summed E-state index contributed by atoms with van der Waals surface area (Å²) in [6.07, 6.45) is 1.68. The molecule has 0 atom stereocenters. The number of nitrogens with one attached hydrogen (secondary N) is 1. The minimum absolute atomic E-state index is 0.0626. The van der Waals surface area contributed by atoms with Crippen LogP contribution in [0.4, 0.5) is 5.69 Å². The van der Waals surface area contributed by atoms with Gasteiger partial charge in [0.25, 0.3) is 5.91 Å². The number of carbonyl (C=O) groups excluding carboxylic acids is 1. The number of hydrogen-bond acceptors (Lipinski definition) is 5. The molecule has 6 heteroatoms. The largest absolute Gasteiger partial charge is 0.484 e. The number of oxazole rings is 1. The molecule has 2 aromatic carbocycles. The fourth-order valence-electron chi connectivity index (χ4n) is 3.22. The number of ether oxygens (including phenoxy) is 1. The van der Waals surface area contributed by atoms with Crippen LogP contribution in [-0.4, -0.2) is 22.5 Å². The van der Waals surface area contributed by atoms with E-state index < -0.39 is 0 Å². The van der Waals surface area contributed by atoms with Crippen LogP contribution in [0.15, 0.2) is 65.2 Å². The maximum Gasteiger partial charge on any atom is 0.262 e. The van der Waals surface area contributed by atoms with Gasteiger partial charge in [-0.3, -0.25) is 4.79 Å². The quantitative estimate of drug-likeness (QED) is 0.465. The van der Waals surface area contributed by atoms with Gasteiger partial charge in [-0.25, -0.2) is 4.98 Å². The van der Waals surface area contributed by atoms with Gasteiger partial charge in [0.2, 0.25) is 5.89 Å². The summed E-state index contributed by atoms with van der Waals surface area (Å²) in [5, 5.41) is 2.89. The Labute approximate surface area is 181 Å². The first-order valence-electron chi connectivity index (χ1n) is 10.2. The summed E-state index contributed by atoms with van der Waals surface area (Å²) in [5.74, 6) is 0.943. The lowest BCUT2D eigenvalue weighted by Crippen LogP contribution is -2.20. The molecular weight excluding hydrogens is 390 g/mol. The molecule has 0 bridgehead atoms. The van der Waals surface area contributed by atoms with Gasteiger partial charge in [0.15, 0.2) is 17.8 Å². The van der Waals surface area contributed by atoms with Gasteiger partial charge < -0.3 is 14.5 Å². The highest BCUT2D eigenvalue weighted by molar-refractivity contribution is 5.93. The molecule has 0 fully saturated rings. The molecular formula is C25H25N3O3. The molecule has 4 aromatic rings. The van der Waals surface area contributed by atoms with Gasteiger partial charge in [-0.05, 0) is 65.9 Å². The van der Waals surface area contributed by atoms with Crippen LogP contribution in [-0.2, 0) is 10.2 Å². The Morgan fingerprint density at radius 2 is 1.87 bits per heavy atom. The van der Waals surface area contributed by atoms with E-state index in [1.165, 1.54) is 5.56 Å². The van der Waals surface area contributed by atoms with E-state index in [1.54, 1.807) is 6.20 Å². The van der Waals surface area contributed by atoms with Crippen molar-refractivity contribution in [3.63, 3.8) is 0 Å². The van der Waals surface area contributed by atoms with E-state index in [0.29, 0.717) is 22.9 Å². The molecule has 1 amide bonds. The lowest BCUT2D eigenvalue weighted by molar-refractivity contribution is -0.118. The Morgan fingerprint density at radius 1 is 1.10 bits per heavy atom. The van der Waals surface area contributed by atoms with E-state index in [9.17, 15) is 4.79 Å². The van der Waals surface area contributed by atoms with Crippen molar-refractivity contribution in [2.75, 3.05) is 11.9 Å². The molecule has 0 saturated carbocycles. The molecule has 0 aliphatic carbocycles. The number of anilines is 1. The summed E-state index contributed by atoms with van der Waals surface area (Å²) < 4.78 is 11.4. The van der Waals surface area contributed by atoms with Gasteiger partial charge in [0, 0.05) is 17.4 Å². The van der Waals surface area contributed by atoms with Crippen LogP contribution < -0.4 is 10.1 Å². The van der Waals surface area contributed by atoms with Gasteiger partial charge in [0.1, 0.15) is 5.75 Å². The Balaban J connectivity index is 1.39. The van der Waals surface area contributed by atoms with Gasteiger partial charge >= 0.3 is 0 Å². The van der Waals surface area contributed by atoms with E-state index >= 15 is 0 Å². The number of amides is 1. The first-order valence-corrected chi connectivity index (χ1v) is 10.2. The molecule has 1 N–H and O–H groups in total. The van der Waals surface area contributed by atoms with Crippen LogP contribution in [0.25, 0.3) is 22.7 Å². The van der Waals surface area contributed by atoms with E-state index in [1.807, 2.05) is 61.5 Å². The maximum absolute atomic E-state index is 12.4. The number of aryl methyl sites for hydroxylation is 1. The monoisotopic (exact) mass is 415 g/mol. The van der Waals surface area contributed by atoms with Crippen LogP contribution in [0.2, 0.25) is 0 Å². The Hall–Kier alpha value is -3.67. The molecule has 0 aliphatic rings. The highest BCUT2D eigenvalue weighted by Crippen LogP contribution is 2.27. The minimum atomic E-state index is -0.221. The first-order chi connectivity index (χ1) is 14.8. The predicted molar refractivity (Wildman–Crippen MR) is 121 cm³/mol. The Bertz CT molecular complexity index is 1190. The van der Waals surface area contributed by atoms with Crippen LogP contribution >= 0.6 is 0 Å². The molecule has 4 rings (SSSR count). The molecule has 0 spiro atoms. The third kappa shape index (κ3) is 4.74. The second-order valence-corrected chi connectivity index (χ2v) is 8.49. The minimum Gasteiger partial charge on any atom is -0.484 e. The Kier molecular flexibility index (Phi) is 5.46. The van der Waals surface area contributed by atoms with Crippen molar-refractivity contribution >= 4 is 22.8 Å². The predicted octanol–water partition coefficient (Wildman–Crippen LogP) is 5.51. The van der Waals surface area contributed by atoms with E-state index in [2.05, 4.69) is 36.1 Å². The highest BCUT2D eigenvalue weighted by atomic mass is 16.5. The maximum atomic E-state index is 12.4. The van der Waals surface area contributed by atoms with Crippen LogP contribution in [0.5, 0.6) is 5.75 Å². The van der Waals surface area contributed by atoms with Crippen molar-refractivity contribution in [1.29, 1.82) is 0 Å². The average molecular weight is 415 g/mol. The lowest BCUT2D eigenvalue weighted by atomic mass is 9.87. The standard InChI is InChI=1S/C25H25N3O3/c1-16-14-17(24-28-23-21(31-24)6-5-13-26-23)7-12-20(16)27-22(29)15-30-19-10-8-18(9-11-19)25(2,3)4/h5-14H,15H2,1-4H3,(H,27,29). The van der Waals surface area contributed by atoms with Crippen LogP contribution in [0.3, 0.4) is 0 Å². The van der Waals surface area contributed by atoms with Crippen molar-refractivity contribution in [1.82, 2.24) is 9.97 Å². The van der Waals surface area contributed by atoms with Crippen LogP contribution in [0, 0.1) is 6.92 Å². The topological polar surface area (TPSA) is 77.3 Å².